The van der Waals surface area contributed by atoms with Crippen LogP contribution < -0.4 is 4.74 Å². The van der Waals surface area contributed by atoms with Crippen LogP contribution in [0.15, 0.2) is 54.6 Å². The molecular formula is C26H32ClN3O3. The van der Waals surface area contributed by atoms with Crippen molar-refractivity contribution in [2.75, 3.05) is 13.2 Å². The lowest BCUT2D eigenvalue weighted by Gasteiger charge is -2.26. The zero-order valence-corrected chi connectivity index (χ0v) is 20.2. The Hall–Kier alpha value is -2.38. The molecular weight excluding hydrogens is 438 g/mol. The Kier molecular flexibility index (Phi) is 7.71. The number of aliphatic hydroxyl groups excluding tert-OH is 1. The van der Waals surface area contributed by atoms with Gasteiger partial charge in [-0.05, 0) is 38.8 Å². The first-order valence-corrected chi connectivity index (χ1v) is 11.9. The molecule has 0 spiro atoms. The SMILES string of the molecule is CC(C)OC[C@@H](O)CN(Cc1c(-c2ccccc2)nn(C)c1Oc1ccccc1Cl)C1CC1. The molecule has 0 amide bonds. The van der Waals surface area contributed by atoms with E-state index in [1.165, 1.54) is 0 Å². The highest BCUT2D eigenvalue weighted by Crippen LogP contribution is 2.38. The molecule has 0 bridgehead atoms. The Morgan fingerprint density at radius 2 is 1.82 bits per heavy atom. The van der Waals surface area contributed by atoms with Gasteiger partial charge in [-0.25, -0.2) is 4.68 Å². The Morgan fingerprint density at radius 1 is 1.12 bits per heavy atom. The van der Waals surface area contributed by atoms with E-state index in [4.69, 9.17) is 26.2 Å². The highest BCUT2D eigenvalue weighted by molar-refractivity contribution is 6.32. The van der Waals surface area contributed by atoms with Crippen LogP contribution in [0.2, 0.25) is 5.02 Å². The molecule has 1 fully saturated rings. The maximum Gasteiger partial charge on any atom is 0.222 e. The van der Waals surface area contributed by atoms with Crippen molar-refractivity contribution >= 4 is 11.6 Å². The van der Waals surface area contributed by atoms with E-state index in [0.717, 1.165) is 29.7 Å². The average Bonchev–Trinajstić information content (AvgIpc) is 3.60. The summed E-state index contributed by atoms with van der Waals surface area (Å²) in [5, 5.41) is 16.0. The monoisotopic (exact) mass is 469 g/mol. The predicted octanol–water partition coefficient (Wildman–Crippen LogP) is 5.28. The summed E-state index contributed by atoms with van der Waals surface area (Å²) in [6, 6.07) is 18.0. The molecule has 1 heterocycles. The molecule has 1 saturated carbocycles. The second-order valence-corrected chi connectivity index (χ2v) is 9.26. The fraction of sp³-hybridized carbons (Fsp3) is 0.423. The first-order chi connectivity index (χ1) is 15.9. The Bertz CT molecular complexity index is 1050. The van der Waals surface area contributed by atoms with Crippen molar-refractivity contribution in [3.05, 3.63) is 65.2 Å². The third-order valence-corrected chi connectivity index (χ3v) is 5.98. The fourth-order valence-electron chi connectivity index (χ4n) is 3.89. The van der Waals surface area contributed by atoms with Crippen LogP contribution in [0.5, 0.6) is 11.6 Å². The van der Waals surface area contributed by atoms with E-state index >= 15 is 0 Å². The number of aryl methyl sites for hydroxylation is 1. The van der Waals surface area contributed by atoms with Gasteiger partial charge in [0.2, 0.25) is 5.88 Å². The van der Waals surface area contributed by atoms with Gasteiger partial charge in [-0.1, -0.05) is 54.1 Å². The van der Waals surface area contributed by atoms with Crippen molar-refractivity contribution in [3.63, 3.8) is 0 Å². The van der Waals surface area contributed by atoms with Crippen molar-refractivity contribution in [1.29, 1.82) is 0 Å². The number of benzene rings is 2. The second-order valence-electron chi connectivity index (χ2n) is 8.85. The fourth-order valence-corrected chi connectivity index (χ4v) is 4.07. The van der Waals surface area contributed by atoms with E-state index in [1.807, 2.05) is 63.4 Å². The van der Waals surface area contributed by atoms with Gasteiger partial charge in [0.05, 0.1) is 29.4 Å². The predicted molar refractivity (Wildman–Crippen MR) is 131 cm³/mol. The molecule has 6 nitrogen and oxygen atoms in total. The molecule has 1 aliphatic carbocycles. The number of rotatable bonds is 11. The van der Waals surface area contributed by atoms with Crippen molar-refractivity contribution in [2.45, 2.75) is 51.5 Å². The molecule has 0 unspecified atom stereocenters. The molecule has 0 radical (unpaired) electrons. The van der Waals surface area contributed by atoms with E-state index in [-0.39, 0.29) is 6.10 Å². The third-order valence-electron chi connectivity index (χ3n) is 5.67. The Balaban J connectivity index is 1.66. The van der Waals surface area contributed by atoms with Crippen molar-refractivity contribution < 1.29 is 14.6 Å². The van der Waals surface area contributed by atoms with Crippen LogP contribution in [0, 0.1) is 0 Å². The highest BCUT2D eigenvalue weighted by atomic mass is 35.5. The van der Waals surface area contributed by atoms with E-state index in [2.05, 4.69) is 17.0 Å². The number of aliphatic hydroxyl groups is 1. The molecule has 0 aliphatic heterocycles. The summed E-state index contributed by atoms with van der Waals surface area (Å²) in [5.41, 5.74) is 2.88. The summed E-state index contributed by atoms with van der Waals surface area (Å²) >= 11 is 6.39. The summed E-state index contributed by atoms with van der Waals surface area (Å²) < 4.78 is 13.7. The number of halogens is 1. The normalized spacial score (nSPS) is 14.8. The first-order valence-electron chi connectivity index (χ1n) is 11.5. The standard InChI is InChI=1S/C26H32ClN3O3/c1-18(2)32-17-21(31)15-30(20-13-14-20)16-22-25(19-9-5-4-6-10-19)28-29(3)26(22)33-24-12-8-7-11-23(24)27/h4-12,18,20-21,31H,13-17H2,1-3H3/t21-/m0/s1. The van der Waals surface area contributed by atoms with Crippen LogP contribution in [0.4, 0.5) is 0 Å². The van der Waals surface area contributed by atoms with Gasteiger partial charge in [-0.2, -0.15) is 5.10 Å². The number of hydrogen-bond donors (Lipinski definition) is 1. The van der Waals surface area contributed by atoms with Crippen LogP contribution in [0.3, 0.4) is 0 Å². The van der Waals surface area contributed by atoms with Crippen molar-refractivity contribution in [2.24, 2.45) is 7.05 Å². The molecule has 1 aromatic heterocycles. The smallest absolute Gasteiger partial charge is 0.222 e. The van der Waals surface area contributed by atoms with Gasteiger partial charge in [0.1, 0.15) is 11.4 Å². The van der Waals surface area contributed by atoms with E-state index in [9.17, 15) is 5.11 Å². The number of ether oxygens (including phenoxy) is 2. The lowest BCUT2D eigenvalue weighted by atomic mass is 10.1. The van der Waals surface area contributed by atoms with Gasteiger partial charge < -0.3 is 14.6 Å². The minimum atomic E-state index is -0.558. The molecule has 1 aliphatic rings. The third kappa shape index (κ3) is 6.15. The molecule has 7 heteroatoms. The number of hydrogen-bond acceptors (Lipinski definition) is 5. The van der Waals surface area contributed by atoms with Crippen molar-refractivity contribution in [1.82, 2.24) is 14.7 Å². The molecule has 1 atom stereocenters. The zero-order valence-electron chi connectivity index (χ0n) is 19.4. The zero-order chi connectivity index (χ0) is 23.4. The molecule has 176 valence electrons. The maximum absolute atomic E-state index is 10.6. The first kappa shape index (κ1) is 23.8. The topological polar surface area (TPSA) is 59.8 Å². The molecule has 33 heavy (non-hydrogen) atoms. The van der Waals surface area contributed by atoms with E-state index in [0.29, 0.717) is 42.4 Å². The van der Waals surface area contributed by atoms with Gasteiger partial charge in [0, 0.05) is 31.7 Å². The molecule has 2 aromatic carbocycles. The van der Waals surface area contributed by atoms with Crippen LogP contribution in [-0.2, 0) is 18.3 Å². The molecule has 4 rings (SSSR count). The second kappa shape index (κ2) is 10.7. The Labute approximate surface area is 200 Å². The molecule has 1 N–H and O–H groups in total. The summed E-state index contributed by atoms with van der Waals surface area (Å²) in [6.07, 6.45) is 1.78. The minimum Gasteiger partial charge on any atom is -0.437 e. The number of nitrogens with zero attached hydrogens (tertiary/aromatic N) is 3. The summed E-state index contributed by atoms with van der Waals surface area (Å²) in [7, 11) is 1.88. The summed E-state index contributed by atoms with van der Waals surface area (Å²) in [6.45, 7) is 5.42. The van der Waals surface area contributed by atoms with Crippen LogP contribution in [-0.4, -0.2) is 51.2 Å². The number of aromatic nitrogens is 2. The van der Waals surface area contributed by atoms with Gasteiger partial charge in [-0.3, -0.25) is 4.90 Å². The maximum atomic E-state index is 10.6. The van der Waals surface area contributed by atoms with E-state index in [1.54, 1.807) is 4.68 Å². The van der Waals surface area contributed by atoms with Gasteiger partial charge in [0.15, 0.2) is 0 Å². The lowest BCUT2D eigenvalue weighted by Crippen LogP contribution is -2.36. The van der Waals surface area contributed by atoms with Crippen molar-refractivity contribution in [3.8, 4) is 22.9 Å². The number of para-hydroxylation sites is 1. The van der Waals surface area contributed by atoms with Gasteiger partial charge in [-0.15, -0.1) is 0 Å². The summed E-state index contributed by atoms with van der Waals surface area (Å²) in [5.74, 6) is 1.24. The lowest BCUT2D eigenvalue weighted by molar-refractivity contribution is -0.0107. The quantitative estimate of drug-likeness (QED) is 0.414. The molecule has 0 saturated heterocycles. The van der Waals surface area contributed by atoms with Gasteiger partial charge in [0.25, 0.3) is 0 Å². The summed E-state index contributed by atoms with van der Waals surface area (Å²) in [4.78, 5) is 2.32. The highest BCUT2D eigenvalue weighted by Gasteiger charge is 2.33. The minimum absolute atomic E-state index is 0.0904. The van der Waals surface area contributed by atoms with Crippen LogP contribution >= 0.6 is 11.6 Å². The van der Waals surface area contributed by atoms with E-state index < -0.39 is 6.10 Å². The van der Waals surface area contributed by atoms with Crippen LogP contribution in [0.25, 0.3) is 11.3 Å². The Morgan fingerprint density at radius 3 is 2.48 bits per heavy atom. The van der Waals surface area contributed by atoms with Gasteiger partial charge >= 0.3 is 0 Å². The molecule has 3 aromatic rings. The van der Waals surface area contributed by atoms with Crippen LogP contribution in [0.1, 0.15) is 32.3 Å². The largest absolute Gasteiger partial charge is 0.437 e. The average molecular weight is 470 g/mol.